The molecule has 2 rings (SSSR count). The largest absolute Gasteiger partial charge is 0.481 e. The van der Waals surface area contributed by atoms with Crippen LogP contribution in [0.2, 0.25) is 0 Å². The number of carbonyl (C=O) groups is 1. The summed E-state index contributed by atoms with van der Waals surface area (Å²) in [5.41, 5.74) is 1.97. The molecule has 15 heavy (non-hydrogen) atoms. The van der Waals surface area contributed by atoms with Gasteiger partial charge in [-0.05, 0) is 30.7 Å². The molecule has 1 aromatic carbocycles. The van der Waals surface area contributed by atoms with Crippen molar-refractivity contribution >= 4 is 19.3 Å². The lowest BCUT2D eigenvalue weighted by atomic mass is 9.90. The highest BCUT2D eigenvalue weighted by atomic mass is 16.4. The van der Waals surface area contributed by atoms with Crippen LogP contribution < -0.4 is 5.46 Å². The predicted molar refractivity (Wildman–Crippen MR) is 59.5 cm³/mol. The summed E-state index contributed by atoms with van der Waals surface area (Å²) in [5, 5.41) is 8.90. The first kappa shape index (κ1) is 10.3. The molecule has 2 radical (unpaired) electrons. The zero-order valence-electron chi connectivity index (χ0n) is 8.52. The Bertz CT molecular complexity index is 358. The van der Waals surface area contributed by atoms with Crippen LogP contribution in [-0.2, 0) is 4.79 Å². The van der Waals surface area contributed by atoms with E-state index >= 15 is 0 Å². The lowest BCUT2D eigenvalue weighted by Crippen LogP contribution is -2.09. The van der Waals surface area contributed by atoms with E-state index in [1.807, 2.05) is 24.3 Å². The highest BCUT2D eigenvalue weighted by Crippen LogP contribution is 2.37. The number of carboxylic acids is 1. The van der Waals surface area contributed by atoms with Gasteiger partial charge >= 0.3 is 5.97 Å². The number of carboxylic acid groups (broad SMARTS) is 1. The van der Waals surface area contributed by atoms with Gasteiger partial charge in [0.25, 0.3) is 0 Å². The molecule has 0 aliphatic heterocycles. The number of aliphatic carboxylic acids is 1. The van der Waals surface area contributed by atoms with Gasteiger partial charge in [-0.15, -0.1) is 0 Å². The maximum Gasteiger partial charge on any atom is 0.306 e. The van der Waals surface area contributed by atoms with Crippen molar-refractivity contribution in [1.29, 1.82) is 0 Å². The standard InChI is InChI=1S/C12H13BO2/c13-11-5-3-8(4-6-11)9-1-2-10(7-9)12(14)15/h3-6,9-10H,1-2,7H2,(H,14,15)/t9-,10-/m0/s1. The fourth-order valence-electron chi connectivity index (χ4n) is 2.28. The van der Waals surface area contributed by atoms with Crippen LogP contribution in [0.5, 0.6) is 0 Å². The van der Waals surface area contributed by atoms with Crippen LogP contribution in [0.3, 0.4) is 0 Å². The molecule has 0 heterocycles. The molecule has 1 aromatic rings. The van der Waals surface area contributed by atoms with Crippen molar-refractivity contribution in [3.8, 4) is 0 Å². The van der Waals surface area contributed by atoms with E-state index in [2.05, 4.69) is 0 Å². The van der Waals surface area contributed by atoms with Gasteiger partial charge in [-0.2, -0.15) is 0 Å². The van der Waals surface area contributed by atoms with Gasteiger partial charge in [0.05, 0.1) is 5.92 Å². The van der Waals surface area contributed by atoms with Crippen molar-refractivity contribution in [1.82, 2.24) is 0 Å². The lowest BCUT2D eigenvalue weighted by molar-refractivity contribution is -0.141. The molecular weight excluding hydrogens is 187 g/mol. The summed E-state index contributed by atoms with van der Waals surface area (Å²) in [6, 6.07) is 7.77. The van der Waals surface area contributed by atoms with E-state index in [-0.39, 0.29) is 5.92 Å². The summed E-state index contributed by atoms with van der Waals surface area (Å²) in [7, 11) is 5.61. The molecule has 1 saturated carbocycles. The van der Waals surface area contributed by atoms with E-state index in [4.69, 9.17) is 13.0 Å². The molecular formula is C12H13BO2. The second-order valence-electron chi connectivity index (χ2n) is 4.21. The van der Waals surface area contributed by atoms with E-state index in [0.29, 0.717) is 5.92 Å². The van der Waals surface area contributed by atoms with Crippen LogP contribution in [0, 0.1) is 5.92 Å². The van der Waals surface area contributed by atoms with Crippen LogP contribution in [0.1, 0.15) is 30.7 Å². The highest BCUT2D eigenvalue weighted by Gasteiger charge is 2.30. The maximum atomic E-state index is 10.8. The fourth-order valence-corrected chi connectivity index (χ4v) is 2.28. The van der Waals surface area contributed by atoms with E-state index in [0.717, 1.165) is 24.7 Å². The first-order valence-corrected chi connectivity index (χ1v) is 5.25. The molecule has 0 aromatic heterocycles. The van der Waals surface area contributed by atoms with Crippen molar-refractivity contribution in [2.75, 3.05) is 0 Å². The van der Waals surface area contributed by atoms with Crippen LogP contribution in [0.4, 0.5) is 0 Å². The minimum Gasteiger partial charge on any atom is -0.481 e. The third-order valence-electron chi connectivity index (χ3n) is 3.19. The summed E-state index contributed by atoms with van der Waals surface area (Å²) in [6.07, 6.45) is 2.53. The zero-order valence-corrected chi connectivity index (χ0v) is 8.52. The Morgan fingerprint density at radius 3 is 2.47 bits per heavy atom. The van der Waals surface area contributed by atoms with Gasteiger partial charge in [0, 0.05) is 0 Å². The number of hydrogen-bond donors (Lipinski definition) is 1. The van der Waals surface area contributed by atoms with Crippen molar-refractivity contribution in [2.45, 2.75) is 25.2 Å². The average molecular weight is 200 g/mol. The molecule has 0 bridgehead atoms. The van der Waals surface area contributed by atoms with Gasteiger partial charge in [0.2, 0.25) is 0 Å². The normalized spacial score (nSPS) is 25.3. The number of hydrogen-bond acceptors (Lipinski definition) is 1. The van der Waals surface area contributed by atoms with Gasteiger partial charge < -0.3 is 5.11 Å². The van der Waals surface area contributed by atoms with Gasteiger partial charge in [0.1, 0.15) is 7.85 Å². The first-order chi connectivity index (χ1) is 7.16. The molecule has 0 amide bonds. The Labute approximate surface area is 90.7 Å². The monoisotopic (exact) mass is 200 g/mol. The second kappa shape index (κ2) is 4.09. The molecule has 0 unspecified atom stereocenters. The van der Waals surface area contributed by atoms with Crippen molar-refractivity contribution in [2.24, 2.45) is 5.92 Å². The van der Waals surface area contributed by atoms with E-state index < -0.39 is 5.97 Å². The molecule has 2 nitrogen and oxygen atoms in total. The Morgan fingerprint density at radius 1 is 1.27 bits per heavy atom. The molecule has 0 saturated heterocycles. The molecule has 2 atom stereocenters. The lowest BCUT2D eigenvalue weighted by Gasteiger charge is -2.10. The Hall–Kier alpha value is -1.25. The molecule has 1 aliphatic carbocycles. The van der Waals surface area contributed by atoms with Gasteiger partial charge in [-0.3, -0.25) is 4.79 Å². The summed E-state index contributed by atoms with van der Waals surface area (Å²) in [4.78, 5) is 10.8. The summed E-state index contributed by atoms with van der Waals surface area (Å²) >= 11 is 0. The summed E-state index contributed by atoms with van der Waals surface area (Å²) in [6.45, 7) is 0. The molecule has 1 fully saturated rings. The van der Waals surface area contributed by atoms with Crippen LogP contribution >= 0.6 is 0 Å². The quantitative estimate of drug-likeness (QED) is 0.733. The number of rotatable bonds is 2. The van der Waals surface area contributed by atoms with Gasteiger partial charge in [-0.1, -0.05) is 29.7 Å². The van der Waals surface area contributed by atoms with Crippen molar-refractivity contribution in [3.63, 3.8) is 0 Å². The van der Waals surface area contributed by atoms with Gasteiger partial charge in [-0.25, -0.2) is 0 Å². The van der Waals surface area contributed by atoms with Crippen LogP contribution in [-0.4, -0.2) is 18.9 Å². The first-order valence-electron chi connectivity index (χ1n) is 5.25. The Balaban J connectivity index is 2.07. The molecule has 0 spiro atoms. The predicted octanol–water partition coefficient (Wildman–Crippen LogP) is 1.45. The SMILES string of the molecule is [B]c1ccc([C@H]2CC[C@H](C(=O)O)C2)cc1. The molecule has 1 N–H and O–H groups in total. The maximum absolute atomic E-state index is 10.8. The van der Waals surface area contributed by atoms with Gasteiger partial charge in [0.15, 0.2) is 0 Å². The molecule has 3 heteroatoms. The highest BCUT2D eigenvalue weighted by molar-refractivity contribution is 6.32. The Morgan fingerprint density at radius 2 is 1.93 bits per heavy atom. The van der Waals surface area contributed by atoms with E-state index in [1.54, 1.807) is 0 Å². The smallest absolute Gasteiger partial charge is 0.306 e. The summed E-state index contributed by atoms with van der Waals surface area (Å²) in [5.74, 6) is -0.424. The summed E-state index contributed by atoms with van der Waals surface area (Å²) < 4.78 is 0. The fraction of sp³-hybridized carbons (Fsp3) is 0.417. The second-order valence-corrected chi connectivity index (χ2v) is 4.21. The third-order valence-corrected chi connectivity index (χ3v) is 3.19. The van der Waals surface area contributed by atoms with Crippen LogP contribution in [0.25, 0.3) is 0 Å². The minimum atomic E-state index is -0.659. The number of benzene rings is 1. The third kappa shape index (κ3) is 2.22. The average Bonchev–Trinajstić information content (AvgIpc) is 2.68. The molecule has 1 aliphatic rings. The van der Waals surface area contributed by atoms with E-state index in [1.165, 1.54) is 5.56 Å². The van der Waals surface area contributed by atoms with Crippen molar-refractivity contribution < 1.29 is 9.90 Å². The van der Waals surface area contributed by atoms with Crippen molar-refractivity contribution in [3.05, 3.63) is 29.8 Å². The van der Waals surface area contributed by atoms with Crippen LogP contribution in [0.15, 0.2) is 24.3 Å². The zero-order chi connectivity index (χ0) is 10.8. The molecule has 76 valence electrons. The Kier molecular flexibility index (Phi) is 2.80. The van der Waals surface area contributed by atoms with E-state index in [9.17, 15) is 4.79 Å². The topological polar surface area (TPSA) is 37.3 Å². The minimum absolute atomic E-state index is 0.160.